The van der Waals surface area contributed by atoms with Crippen molar-refractivity contribution in [2.75, 3.05) is 0 Å². The van der Waals surface area contributed by atoms with Crippen LogP contribution in [0.2, 0.25) is 0 Å². The summed E-state index contributed by atoms with van der Waals surface area (Å²) in [5.41, 5.74) is 3.62. The molecule has 0 aliphatic rings. The van der Waals surface area contributed by atoms with Gasteiger partial charge in [-0.2, -0.15) is 5.10 Å². The first-order valence-corrected chi connectivity index (χ1v) is 7.65. The molecule has 2 aromatic carbocycles. The SMILES string of the molecule is Brc1cccc(CNCc2ccc(-n3cccn3)cc2)c1. The van der Waals surface area contributed by atoms with Crippen LogP contribution >= 0.6 is 15.9 Å². The topological polar surface area (TPSA) is 29.9 Å². The number of benzene rings is 2. The smallest absolute Gasteiger partial charge is 0.0645 e. The molecule has 0 spiro atoms. The van der Waals surface area contributed by atoms with E-state index < -0.39 is 0 Å². The van der Waals surface area contributed by atoms with Gasteiger partial charge in [-0.25, -0.2) is 4.68 Å². The molecule has 1 N–H and O–H groups in total. The number of nitrogens with one attached hydrogen (secondary N) is 1. The van der Waals surface area contributed by atoms with Gasteiger partial charge in [-0.1, -0.05) is 40.2 Å². The average Bonchev–Trinajstić information content (AvgIpc) is 3.02. The van der Waals surface area contributed by atoms with Crippen LogP contribution in [-0.2, 0) is 13.1 Å². The summed E-state index contributed by atoms with van der Waals surface area (Å²) in [6.45, 7) is 1.71. The van der Waals surface area contributed by atoms with Gasteiger partial charge >= 0.3 is 0 Å². The quantitative estimate of drug-likeness (QED) is 0.762. The van der Waals surface area contributed by atoms with Crippen LogP contribution in [0.15, 0.2) is 71.5 Å². The number of hydrogen-bond acceptors (Lipinski definition) is 2. The second-order valence-electron chi connectivity index (χ2n) is 4.85. The summed E-state index contributed by atoms with van der Waals surface area (Å²) in [5, 5.41) is 7.68. The molecule has 0 aliphatic carbocycles. The van der Waals surface area contributed by atoms with Crippen molar-refractivity contribution in [3.8, 4) is 5.69 Å². The van der Waals surface area contributed by atoms with Gasteiger partial charge in [0.25, 0.3) is 0 Å². The zero-order chi connectivity index (χ0) is 14.5. The van der Waals surface area contributed by atoms with Crippen LogP contribution in [-0.4, -0.2) is 9.78 Å². The summed E-state index contributed by atoms with van der Waals surface area (Å²) in [7, 11) is 0. The van der Waals surface area contributed by atoms with Crippen molar-refractivity contribution in [1.29, 1.82) is 0 Å². The molecule has 0 bridgehead atoms. The number of hydrogen-bond donors (Lipinski definition) is 1. The van der Waals surface area contributed by atoms with E-state index in [0.717, 1.165) is 23.2 Å². The Kier molecular flexibility index (Phi) is 4.48. The maximum atomic E-state index is 4.22. The first kappa shape index (κ1) is 14.0. The van der Waals surface area contributed by atoms with E-state index in [-0.39, 0.29) is 0 Å². The van der Waals surface area contributed by atoms with Crippen LogP contribution in [0, 0.1) is 0 Å². The number of rotatable bonds is 5. The zero-order valence-electron chi connectivity index (χ0n) is 11.5. The van der Waals surface area contributed by atoms with Gasteiger partial charge in [0.15, 0.2) is 0 Å². The number of halogens is 1. The van der Waals surface area contributed by atoms with Crippen LogP contribution in [0.25, 0.3) is 5.69 Å². The van der Waals surface area contributed by atoms with Gasteiger partial charge in [0.05, 0.1) is 5.69 Å². The Labute approximate surface area is 132 Å². The Morgan fingerprint density at radius 1 is 0.952 bits per heavy atom. The van der Waals surface area contributed by atoms with Crippen molar-refractivity contribution in [1.82, 2.24) is 15.1 Å². The second-order valence-corrected chi connectivity index (χ2v) is 5.77. The average molecular weight is 342 g/mol. The summed E-state index contributed by atoms with van der Waals surface area (Å²) in [6.07, 6.45) is 3.73. The molecule has 21 heavy (non-hydrogen) atoms. The lowest BCUT2D eigenvalue weighted by Gasteiger charge is -2.07. The Balaban J connectivity index is 1.56. The number of aromatic nitrogens is 2. The largest absolute Gasteiger partial charge is 0.309 e. The summed E-state index contributed by atoms with van der Waals surface area (Å²) in [6, 6.07) is 18.7. The fourth-order valence-corrected chi connectivity index (χ4v) is 2.63. The molecule has 0 amide bonds. The van der Waals surface area contributed by atoms with E-state index in [1.54, 1.807) is 6.20 Å². The highest BCUT2D eigenvalue weighted by molar-refractivity contribution is 9.10. The number of nitrogens with zero attached hydrogens (tertiary/aromatic N) is 2. The fourth-order valence-electron chi connectivity index (χ4n) is 2.19. The Bertz CT molecular complexity index is 690. The third-order valence-electron chi connectivity index (χ3n) is 3.25. The Morgan fingerprint density at radius 2 is 1.76 bits per heavy atom. The highest BCUT2D eigenvalue weighted by Crippen LogP contribution is 2.12. The predicted octanol–water partition coefficient (Wildman–Crippen LogP) is 3.92. The molecule has 0 saturated carbocycles. The van der Waals surface area contributed by atoms with Crippen molar-refractivity contribution in [3.63, 3.8) is 0 Å². The van der Waals surface area contributed by atoms with Gasteiger partial charge in [0.2, 0.25) is 0 Å². The molecule has 1 aromatic heterocycles. The summed E-state index contributed by atoms with van der Waals surface area (Å²) in [5.74, 6) is 0. The van der Waals surface area contributed by atoms with E-state index in [2.05, 4.69) is 68.8 Å². The van der Waals surface area contributed by atoms with Gasteiger partial charge in [-0.05, 0) is 41.5 Å². The normalized spacial score (nSPS) is 10.7. The highest BCUT2D eigenvalue weighted by Gasteiger charge is 1.98. The molecule has 3 nitrogen and oxygen atoms in total. The lowest BCUT2D eigenvalue weighted by Crippen LogP contribution is -2.12. The van der Waals surface area contributed by atoms with Gasteiger partial charge in [-0.3, -0.25) is 0 Å². The molecule has 106 valence electrons. The minimum absolute atomic E-state index is 0.853. The Hall–Kier alpha value is -1.91. The summed E-state index contributed by atoms with van der Waals surface area (Å²) < 4.78 is 2.98. The molecule has 3 rings (SSSR count). The molecule has 0 atom stereocenters. The van der Waals surface area contributed by atoms with Crippen molar-refractivity contribution in [2.45, 2.75) is 13.1 Å². The minimum Gasteiger partial charge on any atom is -0.309 e. The first-order valence-electron chi connectivity index (χ1n) is 6.85. The molecule has 0 unspecified atom stereocenters. The standard InChI is InChI=1S/C17H16BrN3/c18-16-4-1-3-15(11-16)13-19-12-14-5-7-17(8-6-14)21-10-2-9-20-21/h1-11,19H,12-13H2. The van der Waals surface area contributed by atoms with Crippen molar-refractivity contribution in [2.24, 2.45) is 0 Å². The van der Waals surface area contributed by atoms with E-state index >= 15 is 0 Å². The predicted molar refractivity (Wildman–Crippen MR) is 88.2 cm³/mol. The van der Waals surface area contributed by atoms with Crippen LogP contribution in [0.5, 0.6) is 0 Å². The van der Waals surface area contributed by atoms with Crippen LogP contribution < -0.4 is 5.32 Å². The van der Waals surface area contributed by atoms with Gasteiger partial charge in [-0.15, -0.1) is 0 Å². The van der Waals surface area contributed by atoms with Crippen molar-refractivity contribution < 1.29 is 0 Å². The van der Waals surface area contributed by atoms with Gasteiger partial charge in [0, 0.05) is 30.0 Å². The summed E-state index contributed by atoms with van der Waals surface area (Å²) >= 11 is 3.49. The third kappa shape index (κ3) is 3.80. The Morgan fingerprint density at radius 3 is 2.48 bits per heavy atom. The van der Waals surface area contributed by atoms with Gasteiger partial charge in [0.1, 0.15) is 0 Å². The van der Waals surface area contributed by atoms with E-state index in [1.165, 1.54) is 11.1 Å². The molecule has 0 fully saturated rings. The maximum absolute atomic E-state index is 4.22. The lowest BCUT2D eigenvalue weighted by molar-refractivity contribution is 0.693. The maximum Gasteiger partial charge on any atom is 0.0645 e. The van der Waals surface area contributed by atoms with E-state index in [9.17, 15) is 0 Å². The van der Waals surface area contributed by atoms with Crippen LogP contribution in [0.3, 0.4) is 0 Å². The van der Waals surface area contributed by atoms with Gasteiger partial charge < -0.3 is 5.32 Å². The molecule has 4 heteroatoms. The molecule has 0 aliphatic heterocycles. The zero-order valence-corrected chi connectivity index (χ0v) is 13.1. The van der Waals surface area contributed by atoms with E-state index in [4.69, 9.17) is 0 Å². The summed E-state index contributed by atoms with van der Waals surface area (Å²) in [4.78, 5) is 0. The molecular weight excluding hydrogens is 326 g/mol. The molecule has 0 radical (unpaired) electrons. The molecular formula is C17H16BrN3. The fraction of sp³-hybridized carbons (Fsp3) is 0.118. The monoisotopic (exact) mass is 341 g/mol. The third-order valence-corrected chi connectivity index (χ3v) is 3.75. The van der Waals surface area contributed by atoms with Crippen LogP contribution in [0.1, 0.15) is 11.1 Å². The molecule has 1 heterocycles. The molecule has 3 aromatic rings. The first-order chi connectivity index (χ1) is 10.3. The van der Waals surface area contributed by atoms with Crippen LogP contribution in [0.4, 0.5) is 0 Å². The van der Waals surface area contributed by atoms with Crippen molar-refractivity contribution >= 4 is 15.9 Å². The van der Waals surface area contributed by atoms with Crippen molar-refractivity contribution in [3.05, 3.63) is 82.6 Å². The second kappa shape index (κ2) is 6.70. The lowest BCUT2D eigenvalue weighted by atomic mass is 10.2. The van der Waals surface area contributed by atoms with E-state index in [1.807, 2.05) is 23.0 Å². The highest BCUT2D eigenvalue weighted by atomic mass is 79.9. The van der Waals surface area contributed by atoms with E-state index in [0.29, 0.717) is 0 Å². The minimum atomic E-state index is 0.853. The molecule has 0 saturated heterocycles.